The van der Waals surface area contributed by atoms with Crippen LogP contribution in [0.4, 0.5) is 5.69 Å². The second-order valence-electron chi connectivity index (χ2n) is 10.6. The van der Waals surface area contributed by atoms with Gasteiger partial charge >= 0.3 is 5.69 Å². The molecule has 0 radical (unpaired) electrons. The first-order valence-corrected chi connectivity index (χ1v) is 13.4. The van der Waals surface area contributed by atoms with Gasteiger partial charge in [-0.15, -0.1) is 16.4 Å². The highest BCUT2D eigenvalue weighted by Gasteiger charge is 2.33. The largest absolute Gasteiger partial charge is 0.456 e. The second kappa shape index (κ2) is 8.47. The lowest BCUT2D eigenvalue weighted by atomic mass is 9.70. The van der Waals surface area contributed by atoms with Crippen molar-refractivity contribution in [3.63, 3.8) is 0 Å². The van der Waals surface area contributed by atoms with E-state index in [9.17, 15) is 10.1 Å². The normalized spacial score (nSPS) is 16.1. The second-order valence-corrected chi connectivity index (χ2v) is 11.7. The Hall–Kier alpha value is -3.60. The number of hydrogen-bond donors (Lipinski definition) is 0. The number of thiophene rings is 1. The van der Waals surface area contributed by atoms with Gasteiger partial charge in [-0.3, -0.25) is 14.8 Å². The molecule has 1 aliphatic carbocycles. The van der Waals surface area contributed by atoms with Crippen LogP contribution in [0.2, 0.25) is 0 Å². The molecular formula is C26H29N7O3S. The summed E-state index contributed by atoms with van der Waals surface area (Å²) in [6.45, 7) is 10.7. The predicted octanol–water partition coefficient (Wildman–Crippen LogP) is 5.91. The molecular weight excluding hydrogens is 490 g/mol. The predicted molar refractivity (Wildman–Crippen MR) is 141 cm³/mol. The molecule has 1 atom stereocenters. The fourth-order valence-corrected chi connectivity index (χ4v) is 6.73. The lowest BCUT2D eigenvalue weighted by molar-refractivity contribution is -0.386. The Labute approximate surface area is 217 Å². The standard InChI is InChI=1S/C26H29N7O3S/c1-6-26(4,5)16-7-9-18-20(11-16)37-25-21(18)24-28-23(30-32(24)13-27-25)19-10-8-17(36-19)12-31-15(3)22(33(34)35)14(2)29-31/h8,10,13,16H,6-7,9,11-12H2,1-5H3/t16-/m0/s1. The van der Waals surface area contributed by atoms with Crippen molar-refractivity contribution in [3.05, 3.63) is 56.2 Å². The minimum Gasteiger partial charge on any atom is -0.456 e. The molecule has 5 aromatic heterocycles. The van der Waals surface area contributed by atoms with E-state index in [1.165, 1.54) is 23.3 Å². The first-order chi connectivity index (χ1) is 17.7. The third-order valence-corrected chi connectivity index (χ3v) is 9.28. The molecule has 0 amide bonds. The van der Waals surface area contributed by atoms with Crippen LogP contribution < -0.4 is 0 Å². The van der Waals surface area contributed by atoms with Gasteiger partial charge in [0.25, 0.3) is 0 Å². The van der Waals surface area contributed by atoms with Crippen molar-refractivity contribution in [2.24, 2.45) is 11.3 Å². The number of hydrogen-bond acceptors (Lipinski definition) is 8. The van der Waals surface area contributed by atoms with E-state index in [1.54, 1.807) is 40.7 Å². The first-order valence-electron chi connectivity index (χ1n) is 12.6. The molecule has 0 aromatic carbocycles. The minimum absolute atomic E-state index is 0.0361. The number of nitro groups is 1. The maximum Gasteiger partial charge on any atom is 0.312 e. The Morgan fingerprint density at radius 1 is 1.27 bits per heavy atom. The molecule has 192 valence electrons. The number of fused-ring (bicyclic) bond motifs is 5. The van der Waals surface area contributed by atoms with Gasteiger partial charge in [0.1, 0.15) is 28.3 Å². The Morgan fingerprint density at radius 2 is 2.08 bits per heavy atom. The molecule has 0 fully saturated rings. The molecule has 10 nitrogen and oxygen atoms in total. The molecule has 0 unspecified atom stereocenters. The molecule has 1 aliphatic rings. The summed E-state index contributed by atoms with van der Waals surface area (Å²) < 4.78 is 9.38. The van der Waals surface area contributed by atoms with Crippen LogP contribution in [-0.2, 0) is 19.4 Å². The number of aryl methyl sites for hydroxylation is 2. The van der Waals surface area contributed by atoms with E-state index in [2.05, 4.69) is 31.0 Å². The zero-order valence-corrected chi connectivity index (χ0v) is 22.4. The fraction of sp³-hybridized carbons (Fsp3) is 0.462. The molecule has 6 rings (SSSR count). The molecule has 0 spiro atoms. The summed E-state index contributed by atoms with van der Waals surface area (Å²) in [6, 6.07) is 3.66. The summed E-state index contributed by atoms with van der Waals surface area (Å²) in [5.74, 6) is 2.32. The molecule has 0 N–H and O–H groups in total. The number of aromatic nitrogens is 6. The molecule has 5 aromatic rings. The van der Waals surface area contributed by atoms with Gasteiger partial charge in [0.05, 0.1) is 16.9 Å². The lowest BCUT2D eigenvalue weighted by Gasteiger charge is -2.36. The summed E-state index contributed by atoms with van der Waals surface area (Å²) in [7, 11) is 0. The van der Waals surface area contributed by atoms with E-state index < -0.39 is 4.92 Å². The third-order valence-electron chi connectivity index (χ3n) is 8.12. The number of furan rings is 1. The van der Waals surface area contributed by atoms with Gasteiger partial charge in [0, 0.05) is 4.88 Å². The van der Waals surface area contributed by atoms with Gasteiger partial charge in [-0.1, -0.05) is 27.2 Å². The summed E-state index contributed by atoms with van der Waals surface area (Å²) in [4.78, 5) is 22.9. The lowest BCUT2D eigenvalue weighted by Crippen LogP contribution is -2.28. The molecule has 11 heteroatoms. The van der Waals surface area contributed by atoms with Crippen LogP contribution in [0.5, 0.6) is 0 Å². The van der Waals surface area contributed by atoms with Crippen molar-refractivity contribution < 1.29 is 9.34 Å². The van der Waals surface area contributed by atoms with Crippen LogP contribution in [-0.4, -0.2) is 34.3 Å². The van der Waals surface area contributed by atoms with Crippen LogP contribution in [0.15, 0.2) is 22.9 Å². The Balaban J connectivity index is 1.33. The van der Waals surface area contributed by atoms with Gasteiger partial charge in [0.15, 0.2) is 11.4 Å². The molecule has 0 saturated heterocycles. The smallest absolute Gasteiger partial charge is 0.312 e. The van der Waals surface area contributed by atoms with Crippen LogP contribution in [0.25, 0.3) is 27.4 Å². The zero-order valence-electron chi connectivity index (χ0n) is 21.6. The van der Waals surface area contributed by atoms with Gasteiger partial charge < -0.3 is 4.42 Å². The van der Waals surface area contributed by atoms with E-state index in [0.29, 0.717) is 40.1 Å². The zero-order chi connectivity index (χ0) is 26.1. The van der Waals surface area contributed by atoms with E-state index in [-0.39, 0.29) is 12.2 Å². The third kappa shape index (κ3) is 3.83. The van der Waals surface area contributed by atoms with Crippen LogP contribution in [0, 0.1) is 35.3 Å². The molecule has 0 saturated carbocycles. The van der Waals surface area contributed by atoms with Crippen molar-refractivity contribution in [3.8, 4) is 11.6 Å². The molecule has 0 bridgehead atoms. The van der Waals surface area contributed by atoms with Gasteiger partial charge in [-0.05, 0) is 62.1 Å². The maximum atomic E-state index is 11.3. The van der Waals surface area contributed by atoms with E-state index in [1.807, 2.05) is 12.1 Å². The van der Waals surface area contributed by atoms with Crippen LogP contribution in [0.1, 0.15) is 61.2 Å². The molecule has 5 heterocycles. The summed E-state index contributed by atoms with van der Waals surface area (Å²) >= 11 is 1.79. The number of rotatable bonds is 6. The van der Waals surface area contributed by atoms with E-state index in [0.717, 1.165) is 28.7 Å². The van der Waals surface area contributed by atoms with Gasteiger partial charge in [-0.25, -0.2) is 14.5 Å². The fourth-order valence-electron chi connectivity index (χ4n) is 5.47. The van der Waals surface area contributed by atoms with E-state index >= 15 is 0 Å². The highest BCUT2D eigenvalue weighted by molar-refractivity contribution is 7.19. The quantitative estimate of drug-likeness (QED) is 0.202. The van der Waals surface area contributed by atoms with Crippen LogP contribution >= 0.6 is 11.3 Å². The van der Waals surface area contributed by atoms with Crippen molar-refractivity contribution in [1.82, 2.24) is 29.4 Å². The van der Waals surface area contributed by atoms with Crippen molar-refractivity contribution >= 4 is 32.9 Å². The Kier molecular flexibility index (Phi) is 5.45. The highest BCUT2D eigenvalue weighted by Crippen LogP contribution is 2.45. The van der Waals surface area contributed by atoms with Gasteiger partial charge in [-0.2, -0.15) is 5.10 Å². The van der Waals surface area contributed by atoms with Crippen molar-refractivity contribution in [2.45, 2.75) is 66.8 Å². The summed E-state index contributed by atoms with van der Waals surface area (Å²) in [5, 5.41) is 21.4. The van der Waals surface area contributed by atoms with Gasteiger partial charge in [0.2, 0.25) is 5.82 Å². The first kappa shape index (κ1) is 23.8. The highest BCUT2D eigenvalue weighted by atomic mass is 32.1. The summed E-state index contributed by atoms with van der Waals surface area (Å²) in [6.07, 6.45) is 6.20. The topological polar surface area (TPSA) is 117 Å². The average molecular weight is 520 g/mol. The molecule has 0 aliphatic heterocycles. The molecule has 37 heavy (non-hydrogen) atoms. The minimum atomic E-state index is -0.398. The SMILES string of the molecule is CCC(C)(C)[C@H]1CCc2c(sc3ncn4nc(-c5ccc(Cn6nc(C)c([N+](=O)[O-])c6C)o5)nc4c23)C1. The maximum absolute atomic E-state index is 11.3. The number of nitrogens with zero attached hydrogens (tertiary/aromatic N) is 7. The van der Waals surface area contributed by atoms with Crippen LogP contribution in [0.3, 0.4) is 0 Å². The van der Waals surface area contributed by atoms with Crippen molar-refractivity contribution in [1.29, 1.82) is 0 Å². The monoisotopic (exact) mass is 519 g/mol. The van der Waals surface area contributed by atoms with E-state index in [4.69, 9.17) is 14.4 Å². The summed E-state index contributed by atoms with van der Waals surface area (Å²) in [5.41, 5.74) is 3.41. The van der Waals surface area contributed by atoms with Crippen molar-refractivity contribution in [2.75, 3.05) is 0 Å². The average Bonchev–Trinajstić information content (AvgIpc) is 3.62. The Bertz CT molecular complexity index is 1670. The Morgan fingerprint density at radius 3 is 2.81 bits per heavy atom.